The normalized spacial score (nSPS) is 10.3. The summed E-state index contributed by atoms with van der Waals surface area (Å²) < 4.78 is 5.09. The number of rotatable bonds is 6. The molecule has 0 aromatic heterocycles. The summed E-state index contributed by atoms with van der Waals surface area (Å²) in [6.45, 7) is 0. The van der Waals surface area contributed by atoms with E-state index in [0.29, 0.717) is 17.0 Å². The van der Waals surface area contributed by atoms with Crippen LogP contribution < -0.4 is 10.1 Å². The molecule has 0 aliphatic carbocycles. The van der Waals surface area contributed by atoms with E-state index >= 15 is 0 Å². The van der Waals surface area contributed by atoms with Crippen molar-refractivity contribution < 1.29 is 14.5 Å². The number of nitro benzene ring substituents is 1. The number of anilines is 1. The summed E-state index contributed by atoms with van der Waals surface area (Å²) >= 11 is 1.46. The van der Waals surface area contributed by atoms with Gasteiger partial charge >= 0.3 is 0 Å². The van der Waals surface area contributed by atoms with Crippen LogP contribution in [0, 0.1) is 10.1 Å². The summed E-state index contributed by atoms with van der Waals surface area (Å²) in [5, 5.41) is 13.6. The van der Waals surface area contributed by atoms with Crippen LogP contribution in [0.3, 0.4) is 0 Å². The lowest BCUT2D eigenvalue weighted by Gasteiger charge is -2.08. The number of ether oxygens (including phenoxy) is 1. The second-order valence-electron chi connectivity index (χ2n) is 5.56. The van der Waals surface area contributed by atoms with E-state index in [-0.39, 0.29) is 11.6 Å². The van der Waals surface area contributed by atoms with Crippen molar-refractivity contribution >= 4 is 29.0 Å². The summed E-state index contributed by atoms with van der Waals surface area (Å²) in [6, 6.07) is 20.6. The molecular formula is C20H16N2O4S. The van der Waals surface area contributed by atoms with Gasteiger partial charge in [0.25, 0.3) is 11.6 Å². The van der Waals surface area contributed by atoms with Crippen molar-refractivity contribution in [1.29, 1.82) is 0 Å². The van der Waals surface area contributed by atoms with Gasteiger partial charge in [0.15, 0.2) is 0 Å². The van der Waals surface area contributed by atoms with Crippen LogP contribution in [0.4, 0.5) is 11.4 Å². The zero-order valence-corrected chi connectivity index (χ0v) is 15.2. The molecule has 0 heterocycles. The molecule has 0 saturated heterocycles. The molecule has 1 amide bonds. The Bertz CT molecular complexity index is 956. The van der Waals surface area contributed by atoms with Crippen molar-refractivity contribution in [1.82, 2.24) is 0 Å². The Morgan fingerprint density at radius 3 is 2.33 bits per heavy atom. The van der Waals surface area contributed by atoms with Crippen LogP contribution in [0.5, 0.6) is 5.75 Å². The first-order valence-corrected chi connectivity index (χ1v) is 8.84. The fourth-order valence-corrected chi connectivity index (χ4v) is 3.23. The summed E-state index contributed by atoms with van der Waals surface area (Å²) in [5.74, 6) is 0.475. The highest BCUT2D eigenvalue weighted by molar-refractivity contribution is 7.99. The summed E-state index contributed by atoms with van der Waals surface area (Å²) in [4.78, 5) is 24.4. The molecular weight excluding hydrogens is 364 g/mol. The molecule has 0 radical (unpaired) electrons. The molecule has 7 heteroatoms. The highest BCUT2D eigenvalue weighted by atomic mass is 32.2. The Morgan fingerprint density at radius 1 is 1.00 bits per heavy atom. The molecule has 3 aromatic rings. The quantitative estimate of drug-likeness (QED) is 0.480. The van der Waals surface area contributed by atoms with Crippen LogP contribution >= 0.6 is 11.8 Å². The molecule has 0 saturated carbocycles. The van der Waals surface area contributed by atoms with Crippen molar-refractivity contribution in [3.05, 3.63) is 88.5 Å². The number of nitrogens with zero attached hydrogens (tertiary/aromatic N) is 1. The van der Waals surface area contributed by atoms with Crippen molar-refractivity contribution in [2.75, 3.05) is 12.4 Å². The minimum absolute atomic E-state index is 0.0554. The van der Waals surface area contributed by atoms with Gasteiger partial charge in [-0.1, -0.05) is 17.8 Å². The SMILES string of the molecule is COc1ccc(C(=O)Nc2cccc(Sc3ccc([N+](=O)[O-])cc3)c2)cc1. The molecule has 0 aliphatic rings. The average molecular weight is 380 g/mol. The largest absolute Gasteiger partial charge is 0.497 e. The number of non-ortho nitro benzene ring substituents is 1. The van der Waals surface area contributed by atoms with E-state index in [1.165, 1.54) is 23.9 Å². The Balaban J connectivity index is 1.69. The Labute approximate surface area is 160 Å². The Morgan fingerprint density at radius 2 is 1.70 bits per heavy atom. The number of methoxy groups -OCH3 is 1. The van der Waals surface area contributed by atoms with E-state index in [4.69, 9.17) is 4.74 Å². The molecule has 0 unspecified atom stereocenters. The number of benzene rings is 3. The Kier molecular flexibility index (Phi) is 5.73. The molecule has 0 fully saturated rings. The van der Waals surface area contributed by atoms with Gasteiger partial charge in [-0.05, 0) is 54.6 Å². The fourth-order valence-electron chi connectivity index (χ4n) is 2.35. The average Bonchev–Trinajstić information content (AvgIpc) is 2.68. The molecule has 1 N–H and O–H groups in total. The number of carbonyl (C=O) groups is 1. The van der Waals surface area contributed by atoms with E-state index in [0.717, 1.165) is 9.79 Å². The van der Waals surface area contributed by atoms with Crippen molar-refractivity contribution in [3.8, 4) is 5.75 Å². The summed E-state index contributed by atoms with van der Waals surface area (Å²) in [5.41, 5.74) is 1.26. The van der Waals surface area contributed by atoms with Crippen molar-refractivity contribution in [2.24, 2.45) is 0 Å². The standard InChI is InChI=1S/C20H16N2O4S/c1-26-17-9-5-14(6-10-17)20(23)21-15-3-2-4-19(13-15)27-18-11-7-16(8-12-18)22(24)25/h2-13H,1H3,(H,21,23). The van der Waals surface area contributed by atoms with Crippen LogP contribution in [0.1, 0.15) is 10.4 Å². The van der Waals surface area contributed by atoms with Crippen molar-refractivity contribution in [2.45, 2.75) is 9.79 Å². The lowest BCUT2D eigenvalue weighted by atomic mass is 10.2. The molecule has 6 nitrogen and oxygen atoms in total. The second kappa shape index (κ2) is 8.37. The topological polar surface area (TPSA) is 81.5 Å². The van der Waals surface area contributed by atoms with Gasteiger partial charge in [-0.15, -0.1) is 0 Å². The lowest BCUT2D eigenvalue weighted by Crippen LogP contribution is -2.11. The molecule has 0 atom stereocenters. The zero-order chi connectivity index (χ0) is 19.2. The highest BCUT2D eigenvalue weighted by Gasteiger charge is 2.08. The number of nitro groups is 1. The molecule has 0 aliphatic heterocycles. The summed E-state index contributed by atoms with van der Waals surface area (Å²) in [6.07, 6.45) is 0. The number of carbonyl (C=O) groups excluding carboxylic acids is 1. The van der Waals surface area contributed by atoms with E-state index in [9.17, 15) is 14.9 Å². The van der Waals surface area contributed by atoms with E-state index in [1.807, 2.05) is 18.2 Å². The van der Waals surface area contributed by atoms with Gasteiger partial charge in [0.2, 0.25) is 0 Å². The predicted molar refractivity (Wildman–Crippen MR) is 105 cm³/mol. The fraction of sp³-hybridized carbons (Fsp3) is 0.0500. The highest BCUT2D eigenvalue weighted by Crippen LogP contribution is 2.30. The maximum atomic E-state index is 12.4. The van der Waals surface area contributed by atoms with E-state index in [2.05, 4.69) is 5.32 Å². The second-order valence-corrected chi connectivity index (χ2v) is 6.71. The molecule has 0 spiro atoms. The van der Waals surface area contributed by atoms with Gasteiger partial charge in [0.05, 0.1) is 12.0 Å². The molecule has 3 aromatic carbocycles. The van der Waals surface area contributed by atoms with Crippen LogP contribution in [-0.2, 0) is 0 Å². The third kappa shape index (κ3) is 4.86. The van der Waals surface area contributed by atoms with Gasteiger partial charge in [0.1, 0.15) is 5.75 Å². The maximum Gasteiger partial charge on any atom is 0.269 e. The van der Waals surface area contributed by atoms with Gasteiger partial charge in [0, 0.05) is 33.2 Å². The smallest absolute Gasteiger partial charge is 0.269 e. The number of hydrogen-bond donors (Lipinski definition) is 1. The third-order valence-corrected chi connectivity index (χ3v) is 4.72. The lowest BCUT2D eigenvalue weighted by molar-refractivity contribution is -0.384. The van der Waals surface area contributed by atoms with Crippen LogP contribution in [-0.4, -0.2) is 17.9 Å². The molecule has 27 heavy (non-hydrogen) atoms. The van der Waals surface area contributed by atoms with Crippen molar-refractivity contribution in [3.63, 3.8) is 0 Å². The monoisotopic (exact) mass is 380 g/mol. The van der Waals surface area contributed by atoms with Crippen LogP contribution in [0.15, 0.2) is 82.6 Å². The van der Waals surface area contributed by atoms with Gasteiger partial charge < -0.3 is 10.1 Å². The van der Waals surface area contributed by atoms with Crippen LogP contribution in [0.2, 0.25) is 0 Å². The Hall–Kier alpha value is -3.32. The first kappa shape index (κ1) is 18.5. The van der Waals surface area contributed by atoms with E-state index < -0.39 is 4.92 Å². The summed E-state index contributed by atoms with van der Waals surface area (Å²) in [7, 11) is 1.57. The van der Waals surface area contributed by atoms with Gasteiger partial charge in [-0.3, -0.25) is 14.9 Å². The predicted octanol–water partition coefficient (Wildman–Crippen LogP) is 5.01. The number of amides is 1. The minimum atomic E-state index is -0.427. The molecule has 136 valence electrons. The first-order valence-electron chi connectivity index (χ1n) is 8.03. The van der Waals surface area contributed by atoms with Crippen LogP contribution in [0.25, 0.3) is 0 Å². The maximum absolute atomic E-state index is 12.4. The molecule has 0 bridgehead atoms. The minimum Gasteiger partial charge on any atom is -0.497 e. The number of hydrogen-bond acceptors (Lipinski definition) is 5. The zero-order valence-electron chi connectivity index (χ0n) is 14.4. The van der Waals surface area contributed by atoms with Gasteiger partial charge in [-0.2, -0.15) is 0 Å². The third-order valence-electron chi connectivity index (χ3n) is 3.73. The van der Waals surface area contributed by atoms with Gasteiger partial charge in [-0.25, -0.2) is 0 Å². The van der Waals surface area contributed by atoms with E-state index in [1.54, 1.807) is 49.6 Å². The molecule has 3 rings (SSSR count). The number of nitrogens with one attached hydrogen (secondary N) is 1. The first-order chi connectivity index (χ1) is 13.0.